The first-order chi connectivity index (χ1) is 13.1. The summed E-state index contributed by atoms with van der Waals surface area (Å²) in [5, 5.41) is 30.0. The molecule has 2 heterocycles. The van der Waals surface area contributed by atoms with E-state index in [1.165, 1.54) is 14.2 Å². The SMILES string of the molecule is COC1(c2cccc(C3(OC)N=CC=C3CCO)c2O)N=CC=C1CCO. The first-order valence-corrected chi connectivity index (χ1v) is 8.74. The van der Waals surface area contributed by atoms with Crippen molar-refractivity contribution in [3.05, 3.63) is 52.6 Å². The molecule has 1 aromatic rings. The standard InChI is InChI=1S/C20H24N2O5/c1-26-19(14(8-12-23)6-10-21-19)16-4-3-5-17(18(16)25)20(27-2)15(9-13-24)7-11-22-20/h3-7,10-11,23-25H,8-9,12-13H2,1-2H3. The molecule has 3 rings (SSSR count). The minimum atomic E-state index is -1.21. The highest BCUT2D eigenvalue weighted by molar-refractivity contribution is 5.79. The van der Waals surface area contributed by atoms with E-state index >= 15 is 0 Å². The molecule has 7 nitrogen and oxygen atoms in total. The Hall–Kier alpha value is -2.32. The largest absolute Gasteiger partial charge is 0.507 e. The normalized spacial score (nSPS) is 26.5. The van der Waals surface area contributed by atoms with Gasteiger partial charge in [0.15, 0.2) is 0 Å². The lowest BCUT2D eigenvalue weighted by Gasteiger charge is -2.33. The number of nitrogens with zero attached hydrogens (tertiary/aromatic N) is 2. The van der Waals surface area contributed by atoms with Gasteiger partial charge < -0.3 is 24.8 Å². The molecule has 0 saturated heterocycles. The topological polar surface area (TPSA) is 104 Å². The summed E-state index contributed by atoms with van der Waals surface area (Å²) in [7, 11) is 3.02. The van der Waals surface area contributed by atoms with Crippen LogP contribution in [0.5, 0.6) is 5.75 Å². The summed E-state index contributed by atoms with van der Waals surface area (Å²) in [4.78, 5) is 8.89. The van der Waals surface area contributed by atoms with Crippen LogP contribution in [0.4, 0.5) is 0 Å². The van der Waals surface area contributed by atoms with Crippen LogP contribution in [-0.4, -0.2) is 55.2 Å². The van der Waals surface area contributed by atoms with Crippen molar-refractivity contribution in [1.82, 2.24) is 0 Å². The molecule has 3 N–H and O–H groups in total. The Balaban J connectivity index is 2.15. The fourth-order valence-corrected chi connectivity index (χ4v) is 3.77. The van der Waals surface area contributed by atoms with E-state index < -0.39 is 11.4 Å². The molecular weight excluding hydrogens is 348 g/mol. The Morgan fingerprint density at radius 2 is 1.30 bits per heavy atom. The van der Waals surface area contributed by atoms with E-state index in [2.05, 4.69) is 9.98 Å². The number of hydrogen-bond acceptors (Lipinski definition) is 7. The van der Waals surface area contributed by atoms with Gasteiger partial charge in [-0.2, -0.15) is 0 Å². The zero-order chi connectivity index (χ0) is 19.5. The van der Waals surface area contributed by atoms with Crippen LogP contribution in [0.1, 0.15) is 24.0 Å². The van der Waals surface area contributed by atoms with Gasteiger partial charge in [0.05, 0.1) is 11.1 Å². The molecule has 0 bridgehead atoms. The van der Waals surface area contributed by atoms with E-state index in [-0.39, 0.29) is 19.0 Å². The monoisotopic (exact) mass is 372 g/mol. The minimum Gasteiger partial charge on any atom is -0.507 e. The van der Waals surface area contributed by atoms with Crippen LogP contribution >= 0.6 is 0 Å². The van der Waals surface area contributed by atoms with E-state index in [1.54, 1.807) is 42.8 Å². The summed E-state index contributed by atoms with van der Waals surface area (Å²) in [6, 6.07) is 5.24. The molecule has 0 aliphatic carbocycles. The number of aromatic hydroxyl groups is 1. The summed E-state index contributed by atoms with van der Waals surface area (Å²) >= 11 is 0. The molecule has 0 fully saturated rings. The van der Waals surface area contributed by atoms with Crippen molar-refractivity contribution in [1.29, 1.82) is 0 Å². The Kier molecular flexibility index (Phi) is 5.57. The Bertz CT molecular complexity index is 765. The second-order valence-corrected chi connectivity index (χ2v) is 6.29. The number of benzene rings is 1. The lowest BCUT2D eigenvalue weighted by atomic mass is 9.86. The maximum absolute atomic E-state index is 11.2. The van der Waals surface area contributed by atoms with Crippen molar-refractivity contribution < 1.29 is 24.8 Å². The summed E-state index contributed by atoms with van der Waals surface area (Å²) in [5.74, 6) is -0.0491. The van der Waals surface area contributed by atoms with Crippen LogP contribution in [-0.2, 0) is 20.9 Å². The highest BCUT2D eigenvalue weighted by Crippen LogP contribution is 2.49. The lowest BCUT2D eigenvalue weighted by Crippen LogP contribution is -2.31. The van der Waals surface area contributed by atoms with Crippen LogP contribution < -0.4 is 0 Å². The summed E-state index contributed by atoms with van der Waals surface area (Å²) < 4.78 is 11.4. The average molecular weight is 372 g/mol. The Labute approximate surface area is 158 Å². The molecule has 2 aliphatic rings. The maximum Gasteiger partial charge on any atom is 0.210 e. The molecule has 0 aromatic heterocycles. The van der Waals surface area contributed by atoms with E-state index in [9.17, 15) is 15.3 Å². The average Bonchev–Trinajstić information content (AvgIpc) is 3.28. The van der Waals surface area contributed by atoms with Gasteiger partial charge in [0.25, 0.3) is 0 Å². The van der Waals surface area contributed by atoms with Gasteiger partial charge in [-0.05, 0) is 36.1 Å². The summed E-state index contributed by atoms with van der Waals surface area (Å²) in [6.07, 6.45) is 7.50. The number of aliphatic imine (C=N–C) groups is 2. The molecule has 144 valence electrons. The van der Waals surface area contributed by atoms with E-state index in [1.807, 2.05) is 0 Å². The predicted molar refractivity (Wildman–Crippen MR) is 102 cm³/mol. The van der Waals surface area contributed by atoms with Crippen LogP contribution in [0.15, 0.2) is 51.5 Å². The predicted octanol–water partition coefficient (Wildman–Crippen LogP) is 1.78. The molecule has 0 saturated carbocycles. The molecule has 2 atom stereocenters. The molecule has 0 amide bonds. The van der Waals surface area contributed by atoms with Crippen molar-refractivity contribution >= 4 is 12.4 Å². The van der Waals surface area contributed by atoms with Crippen molar-refractivity contribution in [2.24, 2.45) is 9.98 Å². The molecule has 0 spiro atoms. The van der Waals surface area contributed by atoms with Gasteiger partial charge in [0.1, 0.15) is 5.75 Å². The Morgan fingerprint density at radius 1 is 0.852 bits per heavy atom. The number of aliphatic hydroxyl groups excluding tert-OH is 2. The Morgan fingerprint density at radius 3 is 1.67 bits per heavy atom. The summed E-state index contributed by atoms with van der Waals surface area (Å²) in [6.45, 7) is -0.118. The van der Waals surface area contributed by atoms with Crippen LogP contribution in [0, 0.1) is 0 Å². The van der Waals surface area contributed by atoms with Crippen molar-refractivity contribution in [3.63, 3.8) is 0 Å². The molecule has 2 aliphatic heterocycles. The van der Waals surface area contributed by atoms with Gasteiger partial charge in [-0.15, -0.1) is 0 Å². The lowest BCUT2D eigenvalue weighted by molar-refractivity contribution is 0.0154. The molecule has 27 heavy (non-hydrogen) atoms. The van der Waals surface area contributed by atoms with E-state index in [0.29, 0.717) is 24.0 Å². The third kappa shape index (κ3) is 2.93. The second kappa shape index (κ2) is 7.74. The quantitative estimate of drug-likeness (QED) is 0.645. The number of ether oxygens (including phenoxy) is 2. The molecule has 0 radical (unpaired) electrons. The highest BCUT2D eigenvalue weighted by Gasteiger charge is 2.45. The molecule has 1 aromatic carbocycles. The third-order valence-electron chi connectivity index (χ3n) is 5.05. The zero-order valence-corrected chi connectivity index (χ0v) is 15.4. The van der Waals surface area contributed by atoms with Crippen LogP contribution in [0.2, 0.25) is 0 Å². The number of rotatable bonds is 8. The second-order valence-electron chi connectivity index (χ2n) is 6.29. The minimum absolute atomic E-state index is 0.0491. The number of para-hydroxylation sites is 1. The number of methoxy groups -OCH3 is 2. The smallest absolute Gasteiger partial charge is 0.210 e. The van der Waals surface area contributed by atoms with Gasteiger partial charge in [0.2, 0.25) is 11.4 Å². The van der Waals surface area contributed by atoms with Gasteiger partial charge in [-0.1, -0.05) is 18.2 Å². The van der Waals surface area contributed by atoms with Crippen LogP contribution in [0.25, 0.3) is 0 Å². The fraction of sp³-hybridized carbons (Fsp3) is 0.400. The number of allylic oxidation sites excluding steroid dienone is 2. The number of hydrogen-bond donors (Lipinski definition) is 3. The highest BCUT2D eigenvalue weighted by atomic mass is 16.5. The zero-order valence-electron chi connectivity index (χ0n) is 15.4. The molecule has 2 unspecified atom stereocenters. The van der Waals surface area contributed by atoms with E-state index in [4.69, 9.17) is 9.47 Å². The van der Waals surface area contributed by atoms with Gasteiger partial charge in [0, 0.05) is 39.9 Å². The number of phenolic OH excluding ortho intramolecular Hbond substituents is 1. The summed E-state index contributed by atoms with van der Waals surface area (Å²) in [5.41, 5.74) is -0.0439. The molecule has 7 heteroatoms. The third-order valence-corrected chi connectivity index (χ3v) is 5.05. The number of phenols is 1. The van der Waals surface area contributed by atoms with Crippen LogP contribution in [0.3, 0.4) is 0 Å². The maximum atomic E-state index is 11.2. The number of aliphatic hydroxyl groups is 2. The molecular formula is C20H24N2O5. The first kappa shape index (κ1) is 19.4. The van der Waals surface area contributed by atoms with Gasteiger partial charge >= 0.3 is 0 Å². The van der Waals surface area contributed by atoms with Crippen molar-refractivity contribution in [3.8, 4) is 5.75 Å². The van der Waals surface area contributed by atoms with Crippen molar-refractivity contribution in [2.75, 3.05) is 27.4 Å². The van der Waals surface area contributed by atoms with Gasteiger partial charge in [-0.25, -0.2) is 9.98 Å². The fourth-order valence-electron chi connectivity index (χ4n) is 3.77. The van der Waals surface area contributed by atoms with Crippen molar-refractivity contribution in [2.45, 2.75) is 24.3 Å². The van der Waals surface area contributed by atoms with Gasteiger partial charge in [-0.3, -0.25) is 0 Å². The first-order valence-electron chi connectivity index (χ1n) is 8.74. The van der Waals surface area contributed by atoms with E-state index in [0.717, 1.165) is 11.1 Å².